The number of hydrogen-bond donors (Lipinski definition) is 0. The maximum absolute atomic E-state index is 12.4. The van der Waals surface area contributed by atoms with Crippen LogP contribution in [-0.4, -0.2) is 10.7 Å². The van der Waals surface area contributed by atoms with Gasteiger partial charge in [-0.3, -0.25) is 14.9 Å². The molecule has 0 aliphatic heterocycles. The van der Waals surface area contributed by atoms with Crippen molar-refractivity contribution < 1.29 is 22.9 Å². The van der Waals surface area contributed by atoms with Crippen molar-refractivity contribution in [1.29, 1.82) is 0 Å². The Morgan fingerprint density at radius 3 is 2.30 bits per heavy atom. The van der Waals surface area contributed by atoms with E-state index in [1.54, 1.807) is 0 Å². The Morgan fingerprint density at radius 2 is 1.74 bits per heavy atom. The fourth-order valence-electron chi connectivity index (χ4n) is 1.82. The van der Waals surface area contributed by atoms with Gasteiger partial charge in [0, 0.05) is 17.7 Å². The zero-order valence-electron chi connectivity index (χ0n) is 11.6. The molecular formula is C16H10F3NO3. The SMILES string of the molecule is O=C(/C=C/c1ccc(C(F)(F)F)cc1)c1cccc([N+](=O)[O-])c1. The summed E-state index contributed by atoms with van der Waals surface area (Å²) >= 11 is 0. The van der Waals surface area contributed by atoms with E-state index in [0.717, 1.165) is 24.3 Å². The molecule has 2 aromatic rings. The maximum Gasteiger partial charge on any atom is 0.416 e. The lowest BCUT2D eigenvalue weighted by Crippen LogP contribution is -2.04. The fraction of sp³-hybridized carbons (Fsp3) is 0.0625. The molecule has 0 fully saturated rings. The average molecular weight is 321 g/mol. The Bertz CT molecular complexity index is 765. The molecule has 2 rings (SSSR count). The largest absolute Gasteiger partial charge is 0.416 e. The van der Waals surface area contributed by atoms with Crippen LogP contribution in [-0.2, 0) is 6.18 Å². The molecule has 4 nitrogen and oxygen atoms in total. The summed E-state index contributed by atoms with van der Waals surface area (Å²) < 4.78 is 37.3. The number of ketones is 1. The van der Waals surface area contributed by atoms with Crippen LogP contribution in [0.5, 0.6) is 0 Å². The van der Waals surface area contributed by atoms with Crippen molar-refractivity contribution in [1.82, 2.24) is 0 Å². The summed E-state index contributed by atoms with van der Waals surface area (Å²) in [5.41, 5.74) is -0.447. The Morgan fingerprint density at radius 1 is 1.09 bits per heavy atom. The number of alkyl halides is 3. The van der Waals surface area contributed by atoms with Gasteiger partial charge in [0.2, 0.25) is 0 Å². The van der Waals surface area contributed by atoms with Gasteiger partial charge in [-0.05, 0) is 23.8 Å². The summed E-state index contributed by atoms with van der Waals surface area (Å²) in [6.45, 7) is 0. The molecule has 0 N–H and O–H groups in total. The molecule has 0 amide bonds. The minimum atomic E-state index is -4.42. The van der Waals surface area contributed by atoms with E-state index in [1.165, 1.54) is 36.4 Å². The van der Waals surface area contributed by atoms with Gasteiger partial charge in [-0.15, -0.1) is 0 Å². The van der Waals surface area contributed by atoms with Crippen molar-refractivity contribution in [2.75, 3.05) is 0 Å². The lowest BCUT2D eigenvalue weighted by Gasteiger charge is -2.05. The predicted molar refractivity (Wildman–Crippen MR) is 77.9 cm³/mol. The smallest absolute Gasteiger partial charge is 0.289 e. The first-order valence-corrected chi connectivity index (χ1v) is 6.41. The maximum atomic E-state index is 12.4. The van der Waals surface area contributed by atoms with Crippen LogP contribution in [0.25, 0.3) is 6.08 Å². The minimum Gasteiger partial charge on any atom is -0.289 e. The number of benzene rings is 2. The summed E-state index contributed by atoms with van der Waals surface area (Å²) in [6, 6.07) is 9.51. The highest BCUT2D eigenvalue weighted by molar-refractivity contribution is 6.07. The zero-order chi connectivity index (χ0) is 17.0. The molecule has 0 heterocycles. The van der Waals surface area contributed by atoms with E-state index in [1.807, 2.05) is 0 Å². The summed E-state index contributed by atoms with van der Waals surface area (Å²) in [5.74, 6) is -0.478. The fourth-order valence-corrected chi connectivity index (χ4v) is 1.82. The Labute approximate surface area is 129 Å². The van der Waals surface area contributed by atoms with Gasteiger partial charge in [0.1, 0.15) is 0 Å². The molecule has 0 bridgehead atoms. The van der Waals surface area contributed by atoms with E-state index < -0.39 is 22.4 Å². The van der Waals surface area contributed by atoms with Gasteiger partial charge in [-0.1, -0.05) is 30.3 Å². The highest BCUT2D eigenvalue weighted by Crippen LogP contribution is 2.29. The van der Waals surface area contributed by atoms with Crippen LogP contribution in [0.4, 0.5) is 18.9 Å². The van der Waals surface area contributed by atoms with Crippen molar-refractivity contribution >= 4 is 17.5 Å². The van der Waals surface area contributed by atoms with Gasteiger partial charge in [0.25, 0.3) is 5.69 Å². The molecule has 0 saturated carbocycles. The van der Waals surface area contributed by atoms with E-state index >= 15 is 0 Å². The number of nitrogens with zero attached hydrogens (tertiary/aromatic N) is 1. The van der Waals surface area contributed by atoms with Crippen molar-refractivity contribution in [2.24, 2.45) is 0 Å². The Kier molecular flexibility index (Phi) is 4.59. The number of hydrogen-bond acceptors (Lipinski definition) is 3. The number of non-ortho nitro benzene ring substituents is 1. The van der Waals surface area contributed by atoms with Crippen LogP contribution >= 0.6 is 0 Å². The first-order valence-electron chi connectivity index (χ1n) is 6.41. The molecule has 0 aliphatic carbocycles. The minimum absolute atomic E-state index is 0.127. The van der Waals surface area contributed by atoms with Gasteiger partial charge in [0.05, 0.1) is 10.5 Å². The summed E-state index contributed by atoms with van der Waals surface area (Å²) in [5, 5.41) is 10.7. The van der Waals surface area contributed by atoms with Crippen molar-refractivity contribution in [3.05, 3.63) is 81.4 Å². The molecule has 23 heavy (non-hydrogen) atoms. The predicted octanol–water partition coefficient (Wildman–Crippen LogP) is 4.51. The van der Waals surface area contributed by atoms with Crippen molar-refractivity contribution in [3.8, 4) is 0 Å². The number of allylic oxidation sites excluding steroid dienone is 1. The molecular weight excluding hydrogens is 311 g/mol. The van der Waals surface area contributed by atoms with Crippen molar-refractivity contribution in [3.63, 3.8) is 0 Å². The van der Waals surface area contributed by atoms with Crippen LogP contribution < -0.4 is 0 Å². The van der Waals surface area contributed by atoms with E-state index in [0.29, 0.717) is 5.56 Å². The third-order valence-corrected chi connectivity index (χ3v) is 3.01. The van der Waals surface area contributed by atoms with Crippen LogP contribution in [0, 0.1) is 10.1 Å². The monoisotopic (exact) mass is 321 g/mol. The number of halogens is 3. The topological polar surface area (TPSA) is 60.2 Å². The molecule has 118 valence electrons. The Balaban J connectivity index is 2.15. The summed E-state index contributed by atoms with van der Waals surface area (Å²) in [4.78, 5) is 22.0. The van der Waals surface area contributed by atoms with Gasteiger partial charge in [0.15, 0.2) is 5.78 Å². The van der Waals surface area contributed by atoms with Crippen LogP contribution in [0.15, 0.2) is 54.6 Å². The molecule has 7 heteroatoms. The average Bonchev–Trinajstić information content (AvgIpc) is 2.52. The number of carbonyl (C=O) groups is 1. The van der Waals surface area contributed by atoms with Gasteiger partial charge < -0.3 is 0 Å². The molecule has 0 aromatic heterocycles. The number of nitro benzene ring substituents is 1. The highest BCUT2D eigenvalue weighted by atomic mass is 19.4. The lowest BCUT2D eigenvalue weighted by molar-refractivity contribution is -0.384. The zero-order valence-corrected chi connectivity index (χ0v) is 11.6. The normalized spacial score (nSPS) is 11.6. The first kappa shape index (κ1) is 16.4. The van der Waals surface area contributed by atoms with Crippen LogP contribution in [0.1, 0.15) is 21.5 Å². The summed E-state index contributed by atoms with van der Waals surface area (Å²) in [6.07, 6.45) is -1.91. The van der Waals surface area contributed by atoms with E-state index in [2.05, 4.69) is 0 Å². The second-order valence-electron chi connectivity index (χ2n) is 4.62. The quantitative estimate of drug-likeness (QED) is 0.360. The third kappa shape index (κ3) is 4.26. The van der Waals surface area contributed by atoms with Gasteiger partial charge >= 0.3 is 6.18 Å². The molecule has 0 unspecified atom stereocenters. The second-order valence-corrected chi connectivity index (χ2v) is 4.62. The van der Waals surface area contributed by atoms with E-state index in [-0.39, 0.29) is 11.3 Å². The van der Waals surface area contributed by atoms with Gasteiger partial charge in [-0.2, -0.15) is 13.2 Å². The molecule has 0 aliphatic rings. The Hall–Kier alpha value is -2.96. The first-order chi connectivity index (χ1) is 10.8. The molecule has 2 aromatic carbocycles. The van der Waals surface area contributed by atoms with E-state index in [9.17, 15) is 28.1 Å². The highest BCUT2D eigenvalue weighted by Gasteiger charge is 2.29. The third-order valence-electron chi connectivity index (χ3n) is 3.01. The molecule has 0 saturated heterocycles. The number of rotatable bonds is 4. The number of carbonyl (C=O) groups excluding carboxylic acids is 1. The summed E-state index contributed by atoms with van der Waals surface area (Å²) in [7, 11) is 0. The number of nitro groups is 1. The van der Waals surface area contributed by atoms with E-state index in [4.69, 9.17) is 0 Å². The molecule has 0 spiro atoms. The molecule has 0 atom stereocenters. The lowest BCUT2D eigenvalue weighted by atomic mass is 10.1. The second kappa shape index (κ2) is 6.43. The van der Waals surface area contributed by atoms with Gasteiger partial charge in [-0.25, -0.2) is 0 Å². The standard InChI is InChI=1S/C16H10F3NO3/c17-16(18,19)13-7-4-11(5-8-13)6-9-15(21)12-2-1-3-14(10-12)20(22)23/h1-10H/b9-6+. The molecule has 0 radical (unpaired) electrons. The van der Waals surface area contributed by atoms with Crippen LogP contribution in [0.2, 0.25) is 0 Å². The van der Waals surface area contributed by atoms with Crippen molar-refractivity contribution in [2.45, 2.75) is 6.18 Å². The van der Waals surface area contributed by atoms with Crippen LogP contribution in [0.3, 0.4) is 0 Å².